The number of anilines is 1. The van der Waals surface area contributed by atoms with E-state index in [9.17, 15) is 13.2 Å². The van der Waals surface area contributed by atoms with Crippen LogP contribution in [0.2, 0.25) is 0 Å². The lowest BCUT2D eigenvalue weighted by molar-refractivity contribution is 0.0249. The number of amides is 1. The van der Waals surface area contributed by atoms with E-state index in [1.807, 2.05) is 39.8 Å². The summed E-state index contributed by atoms with van der Waals surface area (Å²) in [6.45, 7) is 6.37. The maximum atomic E-state index is 12.4. The predicted octanol–water partition coefficient (Wildman–Crippen LogP) is 2.42. The molecule has 0 unspecified atom stereocenters. The van der Waals surface area contributed by atoms with Gasteiger partial charge in [0.15, 0.2) is 0 Å². The van der Waals surface area contributed by atoms with Crippen molar-refractivity contribution in [2.75, 3.05) is 32.1 Å². The van der Waals surface area contributed by atoms with Gasteiger partial charge in [-0.25, -0.2) is 9.63 Å². The van der Waals surface area contributed by atoms with E-state index in [4.69, 9.17) is 4.74 Å². The normalized spacial score (nSPS) is 15.3. The highest BCUT2D eigenvalue weighted by Crippen LogP contribution is 2.17. The Labute approximate surface area is 161 Å². The van der Waals surface area contributed by atoms with E-state index in [1.54, 1.807) is 29.2 Å². The molecule has 1 amide bonds. The fourth-order valence-corrected chi connectivity index (χ4v) is 3.34. The maximum Gasteiger partial charge on any atom is 0.410 e. The Balaban J connectivity index is 1.94. The summed E-state index contributed by atoms with van der Waals surface area (Å²) in [4.78, 5) is 18.0. The van der Waals surface area contributed by atoms with Crippen molar-refractivity contribution < 1.29 is 17.9 Å². The van der Waals surface area contributed by atoms with E-state index < -0.39 is 15.6 Å². The Morgan fingerprint density at radius 2 is 1.70 bits per heavy atom. The quantitative estimate of drug-likeness (QED) is 0.789. The molecule has 1 N–H and O–H groups in total. The standard InChI is InChI=1S/C18H28N4O4S/c1-18(2,3)26-17(23)22-12-10-14(11-13-22)19-20-27(24,25)16-8-6-15(7-9-16)21(4)5/h6-9,20H,10-13H2,1-5H3. The molecular weight excluding hydrogens is 368 g/mol. The Bertz CT molecular complexity index is 786. The molecule has 1 saturated heterocycles. The first kappa shape index (κ1) is 21.0. The third-order valence-corrected chi connectivity index (χ3v) is 5.20. The van der Waals surface area contributed by atoms with E-state index >= 15 is 0 Å². The van der Waals surface area contributed by atoms with Gasteiger partial charge in [0, 0.05) is 51.4 Å². The first-order chi connectivity index (χ1) is 12.5. The Kier molecular flexibility index (Phi) is 6.35. The van der Waals surface area contributed by atoms with Gasteiger partial charge >= 0.3 is 6.09 Å². The van der Waals surface area contributed by atoms with Crippen LogP contribution >= 0.6 is 0 Å². The van der Waals surface area contributed by atoms with Crippen molar-refractivity contribution in [3.8, 4) is 0 Å². The molecule has 9 heteroatoms. The summed E-state index contributed by atoms with van der Waals surface area (Å²) in [7, 11) is 0.0553. The molecule has 27 heavy (non-hydrogen) atoms. The van der Waals surface area contributed by atoms with Crippen LogP contribution in [0.15, 0.2) is 34.3 Å². The van der Waals surface area contributed by atoms with Crippen LogP contribution in [0.25, 0.3) is 0 Å². The Hall–Kier alpha value is -2.29. The lowest BCUT2D eigenvalue weighted by atomic mass is 10.1. The van der Waals surface area contributed by atoms with Crippen molar-refractivity contribution in [1.82, 2.24) is 9.73 Å². The fraction of sp³-hybridized carbons (Fsp3) is 0.556. The molecule has 1 aromatic carbocycles. The molecule has 0 spiro atoms. The summed E-state index contributed by atoms with van der Waals surface area (Å²) in [6.07, 6.45) is 0.644. The van der Waals surface area contributed by atoms with Crippen LogP contribution < -0.4 is 9.73 Å². The number of nitrogens with one attached hydrogen (secondary N) is 1. The molecule has 0 atom stereocenters. The number of rotatable bonds is 4. The van der Waals surface area contributed by atoms with E-state index in [2.05, 4.69) is 9.93 Å². The number of ether oxygens (including phenoxy) is 1. The molecule has 1 aromatic rings. The molecule has 0 aromatic heterocycles. The number of sulfonamides is 1. The molecule has 150 valence electrons. The molecule has 0 bridgehead atoms. The second-order valence-electron chi connectivity index (χ2n) is 7.63. The van der Waals surface area contributed by atoms with E-state index in [0.29, 0.717) is 31.6 Å². The summed E-state index contributed by atoms with van der Waals surface area (Å²) in [5.74, 6) is 0. The number of piperidine rings is 1. The highest BCUT2D eigenvalue weighted by molar-refractivity contribution is 7.89. The van der Waals surface area contributed by atoms with Crippen LogP contribution in [0, 0.1) is 0 Å². The lowest BCUT2D eigenvalue weighted by Gasteiger charge is -2.30. The monoisotopic (exact) mass is 396 g/mol. The summed E-state index contributed by atoms with van der Waals surface area (Å²) in [5.41, 5.74) is 1.08. The van der Waals surface area contributed by atoms with Gasteiger partial charge in [-0.3, -0.25) is 0 Å². The summed E-state index contributed by atoms with van der Waals surface area (Å²) in [6, 6.07) is 6.56. The van der Waals surface area contributed by atoms with Gasteiger partial charge in [-0.2, -0.15) is 13.5 Å². The number of likely N-dealkylation sites (tertiary alicyclic amines) is 1. The molecular formula is C18H28N4O4S. The summed E-state index contributed by atoms with van der Waals surface area (Å²) >= 11 is 0. The van der Waals surface area contributed by atoms with Crippen molar-refractivity contribution in [3.63, 3.8) is 0 Å². The molecule has 1 heterocycles. The molecule has 0 saturated carbocycles. The number of benzene rings is 1. The van der Waals surface area contributed by atoms with Gasteiger partial charge < -0.3 is 14.5 Å². The van der Waals surface area contributed by atoms with Gasteiger partial charge in [0.1, 0.15) is 5.60 Å². The van der Waals surface area contributed by atoms with Crippen LogP contribution in [0.4, 0.5) is 10.5 Å². The predicted molar refractivity (Wildman–Crippen MR) is 106 cm³/mol. The third-order valence-electron chi connectivity index (χ3n) is 3.98. The molecule has 0 aliphatic carbocycles. The molecule has 1 aliphatic rings. The topological polar surface area (TPSA) is 91.3 Å². The number of hydrazone groups is 1. The SMILES string of the molecule is CN(C)c1ccc(S(=O)(=O)NN=C2CCN(C(=O)OC(C)(C)C)CC2)cc1. The van der Waals surface area contributed by atoms with Gasteiger partial charge in [-0.1, -0.05) is 0 Å². The van der Waals surface area contributed by atoms with Crippen LogP contribution in [0.3, 0.4) is 0 Å². The largest absolute Gasteiger partial charge is 0.444 e. The van der Waals surface area contributed by atoms with Crippen molar-refractivity contribution >= 4 is 27.5 Å². The summed E-state index contributed by atoms with van der Waals surface area (Å²) < 4.78 is 30.1. The minimum absolute atomic E-state index is 0.156. The highest BCUT2D eigenvalue weighted by atomic mass is 32.2. The molecule has 2 rings (SSSR count). The molecule has 0 radical (unpaired) electrons. The highest BCUT2D eigenvalue weighted by Gasteiger charge is 2.25. The zero-order valence-electron chi connectivity index (χ0n) is 16.5. The van der Waals surface area contributed by atoms with Crippen molar-refractivity contribution in [2.45, 2.75) is 44.1 Å². The number of hydrogen-bond donors (Lipinski definition) is 1. The van der Waals surface area contributed by atoms with Crippen molar-refractivity contribution in [1.29, 1.82) is 0 Å². The number of carbonyl (C=O) groups is 1. The van der Waals surface area contributed by atoms with Gasteiger partial charge in [0.05, 0.1) is 4.90 Å². The second-order valence-corrected chi connectivity index (χ2v) is 9.29. The van der Waals surface area contributed by atoms with Gasteiger partial charge in [0.2, 0.25) is 0 Å². The van der Waals surface area contributed by atoms with Crippen LogP contribution in [-0.4, -0.2) is 57.9 Å². The lowest BCUT2D eigenvalue weighted by Crippen LogP contribution is -2.42. The number of carbonyl (C=O) groups excluding carboxylic acids is 1. The molecule has 8 nitrogen and oxygen atoms in total. The van der Waals surface area contributed by atoms with Gasteiger partial charge in [-0.15, -0.1) is 0 Å². The second kappa shape index (κ2) is 8.16. The average Bonchev–Trinajstić information content (AvgIpc) is 2.59. The van der Waals surface area contributed by atoms with E-state index in [0.717, 1.165) is 5.69 Å². The molecule has 1 fully saturated rings. The number of hydrogen-bond acceptors (Lipinski definition) is 6. The van der Waals surface area contributed by atoms with E-state index in [1.165, 1.54) is 0 Å². The van der Waals surface area contributed by atoms with E-state index in [-0.39, 0.29) is 11.0 Å². The van der Waals surface area contributed by atoms with Crippen LogP contribution in [0.1, 0.15) is 33.6 Å². The summed E-state index contributed by atoms with van der Waals surface area (Å²) in [5, 5.41) is 4.05. The maximum absolute atomic E-state index is 12.4. The third kappa shape index (κ3) is 6.13. The first-order valence-electron chi connectivity index (χ1n) is 8.80. The number of nitrogens with zero attached hydrogens (tertiary/aromatic N) is 3. The van der Waals surface area contributed by atoms with Crippen LogP contribution in [0.5, 0.6) is 0 Å². The van der Waals surface area contributed by atoms with Crippen molar-refractivity contribution in [2.24, 2.45) is 5.10 Å². The zero-order chi connectivity index (χ0) is 20.2. The zero-order valence-corrected chi connectivity index (χ0v) is 17.3. The smallest absolute Gasteiger partial charge is 0.410 e. The Morgan fingerprint density at radius 3 is 2.19 bits per heavy atom. The Morgan fingerprint density at radius 1 is 1.15 bits per heavy atom. The fourth-order valence-electron chi connectivity index (χ4n) is 2.49. The first-order valence-corrected chi connectivity index (χ1v) is 10.3. The van der Waals surface area contributed by atoms with Crippen LogP contribution in [-0.2, 0) is 14.8 Å². The van der Waals surface area contributed by atoms with Gasteiger partial charge in [-0.05, 0) is 45.0 Å². The minimum Gasteiger partial charge on any atom is -0.444 e. The molecule has 1 aliphatic heterocycles. The van der Waals surface area contributed by atoms with Crippen molar-refractivity contribution in [3.05, 3.63) is 24.3 Å². The minimum atomic E-state index is -3.72. The average molecular weight is 397 g/mol. The van der Waals surface area contributed by atoms with Gasteiger partial charge in [0.25, 0.3) is 10.0 Å².